The molecule has 0 saturated carbocycles. The van der Waals surface area contributed by atoms with Crippen molar-refractivity contribution in [2.24, 2.45) is 5.41 Å². The first kappa shape index (κ1) is 25.4. The van der Waals surface area contributed by atoms with Gasteiger partial charge in [0.25, 0.3) is 18.0 Å². The van der Waals surface area contributed by atoms with Gasteiger partial charge < -0.3 is 9.47 Å². The average Bonchev–Trinajstić information content (AvgIpc) is 2.98. The van der Waals surface area contributed by atoms with E-state index >= 15 is 0 Å². The summed E-state index contributed by atoms with van der Waals surface area (Å²) >= 11 is 0. The Morgan fingerprint density at radius 1 is 0.867 bits per heavy atom. The van der Waals surface area contributed by atoms with Crippen LogP contribution in [0.4, 0.5) is 48.3 Å². The molecule has 0 aliphatic carbocycles. The van der Waals surface area contributed by atoms with Gasteiger partial charge in [0.2, 0.25) is 0 Å². The lowest BCUT2D eigenvalue weighted by Crippen LogP contribution is -2.61. The van der Waals surface area contributed by atoms with Crippen molar-refractivity contribution in [2.45, 2.75) is 62.3 Å². The van der Waals surface area contributed by atoms with E-state index in [2.05, 4.69) is 9.47 Å². The summed E-state index contributed by atoms with van der Waals surface area (Å²) < 4.78 is 158. The number of alkyl halides is 11. The molecule has 0 N–H and O–H groups in total. The van der Waals surface area contributed by atoms with E-state index in [-0.39, 0.29) is 25.9 Å². The molecular formula is C16H20F11NO2. The molecule has 4 unspecified atom stereocenters. The van der Waals surface area contributed by atoms with Gasteiger partial charge in [0.05, 0.1) is 25.2 Å². The van der Waals surface area contributed by atoms with E-state index in [0.717, 1.165) is 0 Å². The lowest BCUT2D eigenvalue weighted by Gasteiger charge is -2.39. The third-order valence-electron chi connectivity index (χ3n) is 5.31. The van der Waals surface area contributed by atoms with Crippen molar-refractivity contribution in [3.8, 4) is 0 Å². The van der Waals surface area contributed by atoms with Gasteiger partial charge in [-0.05, 0) is 32.9 Å². The molecule has 3 nitrogen and oxygen atoms in total. The van der Waals surface area contributed by atoms with E-state index < -0.39 is 67.8 Å². The van der Waals surface area contributed by atoms with Crippen LogP contribution in [0.25, 0.3) is 0 Å². The highest BCUT2D eigenvalue weighted by atomic mass is 19.4. The second kappa shape index (κ2) is 8.23. The topological polar surface area (TPSA) is 21.7 Å². The number of hydrogen-bond donors (Lipinski definition) is 0. The predicted molar refractivity (Wildman–Crippen MR) is 80.2 cm³/mol. The Labute approximate surface area is 164 Å². The normalized spacial score (nSPS) is 30.2. The molecule has 14 heteroatoms. The maximum atomic E-state index is 14.8. The lowest BCUT2D eigenvalue weighted by molar-refractivity contribution is -0.291. The number of nitrogens with zero attached hydrogens (tertiary/aromatic N) is 1. The van der Waals surface area contributed by atoms with Gasteiger partial charge in [-0.3, -0.25) is 4.90 Å². The number of halogens is 11. The van der Waals surface area contributed by atoms with E-state index in [0.29, 0.717) is 11.8 Å². The van der Waals surface area contributed by atoms with Crippen LogP contribution in [0, 0.1) is 5.41 Å². The van der Waals surface area contributed by atoms with Crippen LogP contribution in [0.15, 0.2) is 0 Å². The average molecular weight is 467 g/mol. The highest BCUT2D eigenvalue weighted by Gasteiger charge is 2.68. The summed E-state index contributed by atoms with van der Waals surface area (Å²) in [6.07, 6.45) is -18.2. The minimum Gasteiger partial charge on any atom is -0.378 e. The van der Waals surface area contributed by atoms with Gasteiger partial charge in [0.1, 0.15) is 6.10 Å². The Balaban J connectivity index is 2.26. The molecule has 2 fully saturated rings. The Bertz CT molecular complexity index is 589. The Hall–Kier alpha value is -0.890. The van der Waals surface area contributed by atoms with Crippen molar-refractivity contribution >= 4 is 0 Å². The van der Waals surface area contributed by atoms with E-state index in [1.807, 2.05) is 0 Å². The molecule has 30 heavy (non-hydrogen) atoms. The molecule has 2 rings (SSSR count). The highest BCUT2D eigenvalue weighted by molar-refractivity contribution is 5.02. The first-order valence-electron chi connectivity index (χ1n) is 8.91. The van der Waals surface area contributed by atoms with Crippen molar-refractivity contribution in [2.75, 3.05) is 32.9 Å². The second-order valence-corrected chi connectivity index (χ2v) is 7.76. The summed E-state index contributed by atoms with van der Waals surface area (Å²) in [5, 5.41) is 0. The highest BCUT2D eigenvalue weighted by Crippen LogP contribution is 2.48. The van der Waals surface area contributed by atoms with Crippen LogP contribution in [0.2, 0.25) is 0 Å². The molecule has 2 aliphatic rings. The van der Waals surface area contributed by atoms with E-state index in [4.69, 9.17) is 0 Å². The Morgan fingerprint density at radius 3 is 1.87 bits per heavy atom. The maximum absolute atomic E-state index is 14.8. The zero-order valence-electron chi connectivity index (χ0n) is 15.6. The van der Waals surface area contributed by atoms with Crippen LogP contribution in [0.5, 0.6) is 0 Å². The molecule has 0 bridgehead atoms. The molecule has 0 radical (unpaired) electrons. The minimum atomic E-state index is -5.96. The molecule has 2 saturated heterocycles. The molecule has 0 aromatic heterocycles. The van der Waals surface area contributed by atoms with Gasteiger partial charge in [-0.2, -0.15) is 26.3 Å². The van der Waals surface area contributed by atoms with Crippen molar-refractivity contribution in [3.63, 3.8) is 0 Å². The van der Waals surface area contributed by atoms with Crippen LogP contribution in [0.1, 0.15) is 19.8 Å². The first-order chi connectivity index (χ1) is 13.4. The zero-order chi connectivity index (χ0) is 23.2. The fourth-order valence-electron chi connectivity index (χ4n) is 3.54. The lowest BCUT2D eigenvalue weighted by atomic mass is 9.82. The Kier molecular flexibility index (Phi) is 6.96. The summed E-state index contributed by atoms with van der Waals surface area (Å²) in [6.45, 7) is -4.32. The number of ether oxygens (including phenoxy) is 2. The number of likely N-dealkylation sites (tertiary alicyclic amines) is 1. The molecule has 4 atom stereocenters. The van der Waals surface area contributed by atoms with Gasteiger partial charge in [0.15, 0.2) is 6.04 Å². The van der Waals surface area contributed by atoms with E-state index in [1.54, 1.807) is 0 Å². The van der Waals surface area contributed by atoms with Crippen molar-refractivity contribution < 1.29 is 57.8 Å². The summed E-state index contributed by atoms with van der Waals surface area (Å²) in [6, 6.07) is -3.30. The van der Waals surface area contributed by atoms with Gasteiger partial charge in [-0.15, -0.1) is 0 Å². The SMILES string of the molecule is CC1(C(F)(F)C(F)C(F)(F)F)COCC(C(F)(F)C(N2CCCC2)C(F)(F)F)OC1. The summed E-state index contributed by atoms with van der Waals surface area (Å²) in [7, 11) is 0. The van der Waals surface area contributed by atoms with Gasteiger partial charge in [-0.1, -0.05) is 0 Å². The molecule has 178 valence electrons. The van der Waals surface area contributed by atoms with Gasteiger partial charge >= 0.3 is 12.4 Å². The minimum absolute atomic E-state index is 0.240. The van der Waals surface area contributed by atoms with Crippen LogP contribution < -0.4 is 0 Å². The van der Waals surface area contributed by atoms with Crippen LogP contribution in [-0.4, -0.2) is 80.3 Å². The first-order valence-corrected chi connectivity index (χ1v) is 8.91. The summed E-state index contributed by atoms with van der Waals surface area (Å²) in [5.41, 5.74) is -3.05. The largest absolute Gasteiger partial charge is 0.425 e. The molecule has 0 aromatic carbocycles. The smallest absolute Gasteiger partial charge is 0.378 e. The monoisotopic (exact) mass is 467 g/mol. The third kappa shape index (κ3) is 4.79. The molecular weight excluding hydrogens is 447 g/mol. The third-order valence-corrected chi connectivity index (χ3v) is 5.31. The van der Waals surface area contributed by atoms with Gasteiger partial charge in [0, 0.05) is 0 Å². The summed E-state index contributed by atoms with van der Waals surface area (Å²) in [4.78, 5) is 0.489. The fraction of sp³-hybridized carbons (Fsp3) is 1.00. The molecule has 0 amide bonds. The van der Waals surface area contributed by atoms with Crippen LogP contribution in [-0.2, 0) is 9.47 Å². The van der Waals surface area contributed by atoms with Crippen molar-refractivity contribution in [1.29, 1.82) is 0 Å². The number of hydrogen-bond acceptors (Lipinski definition) is 3. The fourth-order valence-corrected chi connectivity index (χ4v) is 3.54. The van der Waals surface area contributed by atoms with Crippen LogP contribution >= 0.6 is 0 Å². The number of rotatable bonds is 5. The Morgan fingerprint density at radius 2 is 1.40 bits per heavy atom. The molecule has 0 aromatic rings. The standard InChI is InChI=1S/C16H20F11NO2/c1-12(14(20,21)10(17)15(22,23)24)7-29-6-9(30-8-12)13(18,19)11(16(25,26)27)28-4-2-3-5-28/h9-11H,2-8H2,1H3. The van der Waals surface area contributed by atoms with Crippen LogP contribution in [0.3, 0.4) is 0 Å². The zero-order valence-corrected chi connectivity index (χ0v) is 15.6. The van der Waals surface area contributed by atoms with E-state index in [1.165, 1.54) is 0 Å². The molecule has 2 aliphatic heterocycles. The summed E-state index contributed by atoms with van der Waals surface area (Å²) in [5.74, 6) is -9.81. The van der Waals surface area contributed by atoms with Gasteiger partial charge in [-0.25, -0.2) is 22.0 Å². The molecule has 2 heterocycles. The van der Waals surface area contributed by atoms with Crippen molar-refractivity contribution in [3.05, 3.63) is 0 Å². The second-order valence-electron chi connectivity index (χ2n) is 7.76. The maximum Gasteiger partial charge on any atom is 0.425 e. The van der Waals surface area contributed by atoms with E-state index in [9.17, 15) is 48.3 Å². The van der Waals surface area contributed by atoms with Crippen molar-refractivity contribution in [1.82, 2.24) is 4.90 Å². The molecule has 0 spiro atoms. The quantitative estimate of drug-likeness (QED) is 0.552. The predicted octanol–water partition coefficient (Wildman–Crippen LogP) is 4.61.